The van der Waals surface area contributed by atoms with E-state index in [1.165, 1.54) is 103 Å². The number of carbonyl (C=O) groups is 2. The van der Waals surface area contributed by atoms with Crippen LogP contribution in [0.15, 0.2) is 72.9 Å². The number of aliphatic hydroxyl groups excluding tert-OH is 5. The van der Waals surface area contributed by atoms with Gasteiger partial charge in [-0.3, -0.25) is 9.59 Å². The van der Waals surface area contributed by atoms with Crippen LogP contribution in [0.1, 0.15) is 226 Å². The van der Waals surface area contributed by atoms with E-state index in [9.17, 15) is 35.1 Å². The Hall–Kier alpha value is -2.90. The largest absolute Gasteiger partial charge is 0.454 e. The Morgan fingerprint density at radius 1 is 0.571 bits per heavy atom. The number of ether oxygens (including phenoxy) is 3. The molecule has 0 bridgehead atoms. The summed E-state index contributed by atoms with van der Waals surface area (Å²) in [4.78, 5) is 26.4. The molecule has 1 rings (SSSR count). The molecule has 8 unspecified atom stereocenters. The fourth-order valence-electron chi connectivity index (χ4n) is 8.42. The Labute approximate surface area is 426 Å². The second kappa shape index (κ2) is 47.1. The predicted octanol–water partition coefficient (Wildman–Crippen LogP) is 12.4. The molecule has 1 fully saturated rings. The zero-order valence-electron chi connectivity index (χ0n) is 44.4. The van der Waals surface area contributed by atoms with Crippen molar-refractivity contribution in [1.82, 2.24) is 5.32 Å². The number of amides is 1. The molecular weight excluding hydrogens is 883 g/mol. The number of rotatable bonds is 46. The second-order valence-corrected chi connectivity index (χ2v) is 19.4. The lowest BCUT2D eigenvalue weighted by Crippen LogP contribution is -2.61. The van der Waals surface area contributed by atoms with Crippen LogP contribution in [0.3, 0.4) is 0 Å². The maximum Gasteiger partial charge on any atom is 0.306 e. The van der Waals surface area contributed by atoms with Gasteiger partial charge < -0.3 is 45.1 Å². The van der Waals surface area contributed by atoms with Crippen LogP contribution in [0.25, 0.3) is 0 Å². The van der Waals surface area contributed by atoms with E-state index >= 15 is 0 Å². The van der Waals surface area contributed by atoms with Crippen molar-refractivity contribution in [1.29, 1.82) is 0 Å². The minimum Gasteiger partial charge on any atom is -0.454 e. The van der Waals surface area contributed by atoms with E-state index in [0.717, 1.165) is 77.0 Å². The highest BCUT2D eigenvalue weighted by Gasteiger charge is 2.47. The van der Waals surface area contributed by atoms with Crippen LogP contribution in [-0.4, -0.2) is 99.6 Å². The minimum atomic E-state index is -1.62. The second-order valence-electron chi connectivity index (χ2n) is 19.4. The van der Waals surface area contributed by atoms with Gasteiger partial charge in [-0.2, -0.15) is 0 Å². The molecule has 11 nitrogen and oxygen atoms in total. The molecule has 6 N–H and O–H groups in total. The molecule has 1 saturated heterocycles. The standard InChI is InChI=1S/C59H103NO10/c1-4-7-10-13-16-19-22-25-28-31-34-37-40-43-46-52(63)58(67)60-50(51(62)45-42-39-36-33-30-27-24-21-18-15-12-9-6-3)49-68-59-57(56(66)55(65)53(48-61)69-59)70-54(64)47-44-41-38-35-32-29-26-23-20-17-14-11-8-5-2/h7,10,13,16,19,22,25,28-29,32,42,45,50-53,55-57,59,61-63,65-66H,4-6,8-9,11-12,14-15,17-18,20-21,23-24,26-27,30-31,33-41,43-44,46-49H2,1-3H3,(H,60,67)/b10-7+,16-13+,22-19+,28-25-,32-29-,45-42+. The Balaban J connectivity index is 2.79. The Morgan fingerprint density at radius 3 is 1.59 bits per heavy atom. The molecule has 11 heteroatoms. The summed E-state index contributed by atoms with van der Waals surface area (Å²) in [5.74, 6) is -1.24. The first kappa shape index (κ1) is 65.1. The number of hydrogen-bond acceptors (Lipinski definition) is 10. The van der Waals surface area contributed by atoms with Gasteiger partial charge in [0.1, 0.15) is 24.4 Å². The lowest BCUT2D eigenvalue weighted by Gasteiger charge is -2.41. The molecule has 0 aromatic rings. The molecule has 0 spiro atoms. The average Bonchev–Trinajstić information content (AvgIpc) is 3.36. The van der Waals surface area contributed by atoms with Crippen LogP contribution in [0.5, 0.6) is 0 Å². The Morgan fingerprint density at radius 2 is 1.04 bits per heavy atom. The van der Waals surface area contributed by atoms with Crippen LogP contribution in [-0.2, 0) is 23.8 Å². The molecule has 1 amide bonds. The number of hydrogen-bond donors (Lipinski definition) is 6. The maximum absolute atomic E-state index is 13.4. The van der Waals surface area contributed by atoms with Crippen molar-refractivity contribution in [2.75, 3.05) is 13.2 Å². The monoisotopic (exact) mass is 986 g/mol. The summed E-state index contributed by atoms with van der Waals surface area (Å²) < 4.78 is 17.5. The molecule has 1 aliphatic rings. The van der Waals surface area contributed by atoms with Crippen LogP contribution < -0.4 is 5.32 Å². The van der Waals surface area contributed by atoms with Gasteiger partial charge in [-0.1, -0.05) is 222 Å². The molecule has 0 saturated carbocycles. The van der Waals surface area contributed by atoms with Crippen LogP contribution >= 0.6 is 0 Å². The zero-order valence-corrected chi connectivity index (χ0v) is 44.4. The molecule has 8 atom stereocenters. The molecular formula is C59H103NO10. The van der Waals surface area contributed by atoms with Gasteiger partial charge in [-0.25, -0.2) is 0 Å². The van der Waals surface area contributed by atoms with Crippen molar-refractivity contribution in [3.05, 3.63) is 72.9 Å². The van der Waals surface area contributed by atoms with Gasteiger partial charge in [-0.15, -0.1) is 0 Å². The summed E-state index contributed by atoms with van der Waals surface area (Å²) in [5.41, 5.74) is 0. The fourth-order valence-corrected chi connectivity index (χ4v) is 8.42. The van der Waals surface area contributed by atoms with Crippen LogP contribution in [0.2, 0.25) is 0 Å². The van der Waals surface area contributed by atoms with Crippen molar-refractivity contribution in [3.8, 4) is 0 Å². The van der Waals surface area contributed by atoms with E-state index in [-0.39, 0.29) is 19.4 Å². The summed E-state index contributed by atoms with van der Waals surface area (Å²) in [7, 11) is 0. The highest BCUT2D eigenvalue weighted by molar-refractivity contribution is 5.80. The third-order valence-corrected chi connectivity index (χ3v) is 12.9. The van der Waals surface area contributed by atoms with E-state index < -0.39 is 67.4 Å². The topological polar surface area (TPSA) is 175 Å². The summed E-state index contributed by atoms with van der Waals surface area (Å²) in [6.45, 7) is 5.60. The first-order valence-electron chi connectivity index (χ1n) is 28.3. The van der Waals surface area contributed by atoms with Gasteiger partial charge in [0.15, 0.2) is 12.4 Å². The van der Waals surface area contributed by atoms with Crippen molar-refractivity contribution in [2.24, 2.45) is 0 Å². The lowest BCUT2D eigenvalue weighted by atomic mass is 9.99. The Kier molecular flexibility index (Phi) is 43.8. The summed E-state index contributed by atoms with van der Waals surface area (Å²) in [6.07, 6.45) is 48.0. The first-order valence-corrected chi connectivity index (χ1v) is 28.3. The summed E-state index contributed by atoms with van der Waals surface area (Å²) in [5, 5.41) is 56.7. The molecule has 0 aromatic carbocycles. The van der Waals surface area contributed by atoms with Gasteiger partial charge in [0.05, 0.1) is 25.4 Å². The summed E-state index contributed by atoms with van der Waals surface area (Å²) in [6, 6.07) is -1.04. The van der Waals surface area contributed by atoms with Gasteiger partial charge in [0, 0.05) is 6.42 Å². The highest BCUT2D eigenvalue weighted by atomic mass is 16.7. The number of esters is 1. The average molecular weight is 986 g/mol. The van der Waals surface area contributed by atoms with E-state index in [1.54, 1.807) is 6.08 Å². The van der Waals surface area contributed by atoms with Gasteiger partial charge >= 0.3 is 5.97 Å². The number of aliphatic hydroxyl groups is 5. The van der Waals surface area contributed by atoms with Crippen molar-refractivity contribution in [2.45, 2.75) is 275 Å². The van der Waals surface area contributed by atoms with E-state index in [1.807, 2.05) is 42.5 Å². The third-order valence-electron chi connectivity index (χ3n) is 12.9. The van der Waals surface area contributed by atoms with Crippen molar-refractivity contribution < 1.29 is 49.3 Å². The fraction of sp³-hybridized carbons (Fsp3) is 0.763. The van der Waals surface area contributed by atoms with Gasteiger partial charge in [0.25, 0.3) is 0 Å². The SMILES string of the molecule is CC/C=C/C=C/C=C/C=C\CCCCCCC(O)C(=O)NC(COC1OC(CO)C(O)C(O)C1OC(=O)CCCCC/C=C\CCCCCCCCC)C(O)/C=C/CCCCCCCCCCCCC. The third kappa shape index (κ3) is 35.3. The highest BCUT2D eigenvalue weighted by Crippen LogP contribution is 2.26. The molecule has 404 valence electrons. The van der Waals surface area contributed by atoms with Crippen LogP contribution in [0, 0.1) is 0 Å². The number of carbonyl (C=O) groups excluding carboxylic acids is 2. The number of nitrogens with one attached hydrogen (secondary N) is 1. The summed E-state index contributed by atoms with van der Waals surface area (Å²) >= 11 is 0. The molecule has 0 radical (unpaired) electrons. The zero-order chi connectivity index (χ0) is 51.1. The van der Waals surface area contributed by atoms with Crippen molar-refractivity contribution >= 4 is 11.9 Å². The lowest BCUT2D eigenvalue weighted by molar-refractivity contribution is -0.305. The molecule has 1 heterocycles. The molecule has 1 aliphatic heterocycles. The number of allylic oxidation sites excluding steroid dienone is 11. The quantitative estimate of drug-likeness (QED) is 0.0149. The van der Waals surface area contributed by atoms with Gasteiger partial charge in [-0.05, 0) is 70.6 Å². The van der Waals surface area contributed by atoms with Gasteiger partial charge in [0.2, 0.25) is 5.91 Å². The van der Waals surface area contributed by atoms with Crippen molar-refractivity contribution in [3.63, 3.8) is 0 Å². The van der Waals surface area contributed by atoms with E-state index in [4.69, 9.17) is 14.2 Å². The maximum atomic E-state index is 13.4. The van der Waals surface area contributed by atoms with Crippen LogP contribution in [0.4, 0.5) is 0 Å². The molecule has 0 aromatic heterocycles. The number of unbranched alkanes of at least 4 members (excludes halogenated alkanes) is 25. The Bertz CT molecular complexity index is 1410. The molecule has 0 aliphatic carbocycles. The predicted molar refractivity (Wildman–Crippen MR) is 287 cm³/mol. The van der Waals surface area contributed by atoms with E-state index in [0.29, 0.717) is 12.8 Å². The smallest absolute Gasteiger partial charge is 0.306 e. The minimum absolute atomic E-state index is 0.0979. The normalized spacial score (nSPS) is 20.3. The van der Waals surface area contributed by atoms with E-state index in [2.05, 4.69) is 50.4 Å². The first-order chi connectivity index (χ1) is 34.2. The molecule has 70 heavy (non-hydrogen) atoms.